The van der Waals surface area contributed by atoms with Crippen molar-refractivity contribution in [2.45, 2.75) is 51.7 Å². The number of hydrogen-bond acceptors (Lipinski definition) is 5. The Morgan fingerprint density at radius 2 is 2.20 bits per heavy atom. The van der Waals surface area contributed by atoms with E-state index in [1.165, 1.54) is 12.8 Å². The first-order valence-electron chi connectivity index (χ1n) is 7.18. The minimum absolute atomic E-state index is 0.166. The number of aryl methyl sites for hydroxylation is 1. The summed E-state index contributed by atoms with van der Waals surface area (Å²) in [6.45, 7) is 3.81. The maximum absolute atomic E-state index is 11.8. The molecule has 2 N–H and O–H groups in total. The lowest BCUT2D eigenvalue weighted by Gasteiger charge is -2.07. The third-order valence-corrected chi connectivity index (χ3v) is 4.75. The summed E-state index contributed by atoms with van der Waals surface area (Å²) in [6, 6.07) is 0.685. The van der Waals surface area contributed by atoms with Gasteiger partial charge in [-0.2, -0.15) is 0 Å². The van der Waals surface area contributed by atoms with Crippen LogP contribution in [0, 0.1) is 0 Å². The SMILES string of the molecule is CCn1cnnc1CNS(=O)(=O)CCCCNC1CC1. The molecule has 0 aromatic carbocycles. The van der Waals surface area contributed by atoms with Gasteiger partial charge in [0.15, 0.2) is 0 Å². The summed E-state index contributed by atoms with van der Waals surface area (Å²) >= 11 is 0. The van der Waals surface area contributed by atoms with Gasteiger partial charge in [-0.3, -0.25) is 0 Å². The van der Waals surface area contributed by atoms with Crippen LogP contribution >= 0.6 is 0 Å². The van der Waals surface area contributed by atoms with Crippen LogP contribution in [0.4, 0.5) is 0 Å². The van der Waals surface area contributed by atoms with E-state index in [0.717, 1.165) is 19.5 Å². The van der Waals surface area contributed by atoms with E-state index in [9.17, 15) is 8.42 Å². The number of nitrogens with zero attached hydrogens (tertiary/aromatic N) is 3. The summed E-state index contributed by atoms with van der Waals surface area (Å²) < 4.78 is 28.1. The number of unbranched alkanes of at least 4 members (excludes halogenated alkanes) is 1. The van der Waals surface area contributed by atoms with Gasteiger partial charge < -0.3 is 9.88 Å². The summed E-state index contributed by atoms with van der Waals surface area (Å²) in [5, 5.41) is 11.1. The molecule has 0 unspecified atom stereocenters. The highest BCUT2D eigenvalue weighted by molar-refractivity contribution is 7.89. The molecule has 114 valence electrons. The molecule has 0 atom stereocenters. The summed E-state index contributed by atoms with van der Waals surface area (Å²) in [5.41, 5.74) is 0. The molecule has 0 radical (unpaired) electrons. The fourth-order valence-electron chi connectivity index (χ4n) is 1.94. The molecular formula is C12H23N5O2S. The second-order valence-electron chi connectivity index (χ2n) is 5.11. The Hall–Kier alpha value is -0.990. The summed E-state index contributed by atoms with van der Waals surface area (Å²) in [5.74, 6) is 0.811. The highest BCUT2D eigenvalue weighted by atomic mass is 32.2. The zero-order valence-electron chi connectivity index (χ0n) is 11.9. The van der Waals surface area contributed by atoms with Crippen LogP contribution in [0.1, 0.15) is 38.4 Å². The molecule has 1 aliphatic carbocycles. The molecule has 0 saturated heterocycles. The molecule has 1 aliphatic rings. The number of sulfonamides is 1. The lowest BCUT2D eigenvalue weighted by molar-refractivity contribution is 0.567. The lowest BCUT2D eigenvalue weighted by atomic mass is 10.3. The topological polar surface area (TPSA) is 88.9 Å². The van der Waals surface area contributed by atoms with Crippen LogP contribution < -0.4 is 10.0 Å². The predicted molar refractivity (Wildman–Crippen MR) is 76.6 cm³/mol. The van der Waals surface area contributed by atoms with Crippen molar-refractivity contribution in [2.75, 3.05) is 12.3 Å². The summed E-state index contributed by atoms with van der Waals surface area (Å²) in [7, 11) is -3.23. The van der Waals surface area contributed by atoms with Gasteiger partial charge in [0, 0.05) is 12.6 Å². The highest BCUT2D eigenvalue weighted by Gasteiger charge is 2.19. The van der Waals surface area contributed by atoms with Crippen molar-refractivity contribution in [3.8, 4) is 0 Å². The zero-order chi connectivity index (χ0) is 14.4. The summed E-state index contributed by atoms with van der Waals surface area (Å²) in [4.78, 5) is 0. The average molecular weight is 301 g/mol. The number of hydrogen-bond donors (Lipinski definition) is 2. The monoisotopic (exact) mass is 301 g/mol. The van der Waals surface area contributed by atoms with Crippen LogP contribution in [-0.2, 0) is 23.1 Å². The third kappa shape index (κ3) is 5.18. The molecule has 0 bridgehead atoms. The average Bonchev–Trinajstić information content (AvgIpc) is 3.12. The van der Waals surface area contributed by atoms with Crippen LogP contribution in [-0.4, -0.2) is 41.5 Å². The molecule has 8 heteroatoms. The Labute approximate surface area is 120 Å². The Balaban J connectivity index is 1.64. The van der Waals surface area contributed by atoms with Crippen LogP contribution in [0.25, 0.3) is 0 Å². The molecule has 0 aliphatic heterocycles. The zero-order valence-corrected chi connectivity index (χ0v) is 12.7. The van der Waals surface area contributed by atoms with Gasteiger partial charge in [0.05, 0.1) is 12.3 Å². The van der Waals surface area contributed by atoms with Crippen molar-refractivity contribution in [3.05, 3.63) is 12.2 Å². The van der Waals surface area contributed by atoms with E-state index in [1.54, 1.807) is 6.33 Å². The van der Waals surface area contributed by atoms with E-state index in [-0.39, 0.29) is 12.3 Å². The molecular weight excluding hydrogens is 278 g/mol. The van der Waals surface area contributed by atoms with Gasteiger partial charge in [-0.05, 0) is 39.2 Å². The van der Waals surface area contributed by atoms with E-state index < -0.39 is 10.0 Å². The van der Waals surface area contributed by atoms with E-state index in [2.05, 4.69) is 20.2 Å². The smallest absolute Gasteiger partial charge is 0.212 e. The Morgan fingerprint density at radius 1 is 1.40 bits per heavy atom. The van der Waals surface area contributed by atoms with Crippen molar-refractivity contribution < 1.29 is 8.42 Å². The fraction of sp³-hybridized carbons (Fsp3) is 0.833. The maximum atomic E-state index is 11.8. The van der Waals surface area contributed by atoms with E-state index in [1.807, 2.05) is 11.5 Å². The molecule has 1 heterocycles. The number of rotatable bonds is 10. The van der Waals surface area contributed by atoms with E-state index >= 15 is 0 Å². The van der Waals surface area contributed by atoms with Crippen molar-refractivity contribution in [2.24, 2.45) is 0 Å². The van der Waals surface area contributed by atoms with E-state index in [0.29, 0.717) is 18.3 Å². The summed E-state index contributed by atoms with van der Waals surface area (Å²) in [6.07, 6.45) is 5.70. The molecule has 1 fully saturated rings. The number of aromatic nitrogens is 3. The van der Waals surface area contributed by atoms with Crippen LogP contribution in [0.5, 0.6) is 0 Å². The molecule has 7 nitrogen and oxygen atoms in total. The first-order chi connectivity index (χ1) is 9.61. The third-order valence-electron chi connectivity index (χ3n) is 3.34. The molecule has 0 amide bonds. The van der Waals surface area contributed by atoms with Crippen molar-refractivity contribution in [3.63, 3.8) is 0 Å². The largest absolute Gasteiger partial charge is 0.317 e. The molecule has 1 aromatic heterocycles. The van der Waals surface area contributed by atoms with Crippen LogP contribution in [0.15, 0.2) is 6.33 Å². The minimum atomic E-state index is -3.23. The fourth-order valence-corrected chi connectivity index (χ4v) is 3.01. The molecule has 20 heavy (non-hydrogen) atoms. The standard InChI is InChI=1S/C12H23N5O2S/c1-2-17-10-14-16-12(17)9-15-20(18,19)8-4-3-7-13-11-5-6-11/h10-11,13,15H,2-9H2,1H3. The quantitative estimate of drug-likeness (QED) is 0.605. The van der Waals surface area contributed by atoms with Gasteiger partial charge in [0.2, 0.25) is 10.0 Å². The Bertz CT molecular complexity index is 510. The van der Waals surface area contributed by atoms with Crippen molar-refractivity contribution >= 4 is 10.0 Å². The Morgan fingerprint density at radius 3 is 2.90 bits per heavy atom. The molecule has 0 spiro atoms. The van der Waals surface area contributed by atoms with Gasteiger partial charge in [0.25, 0.3) is 0 Å². The van der Waals surface area contributed by atoms with Crippen molar-refractivity contribution in [1.29, 1.82) is 0 Å². The van der Waals surface area contributed by atoms with Gasteiger partial charge in [0.1, 0.15) is 12.2 Å². The van der Waals surface area contributed by atoms with Gasteiger partial charge in [-0.15, -0.1) is 10.2 Å². The van der Waals surface area contributed by atoms with Gasteiger partial charge in [-0.25, -0.2) is 13.1 Å². The second kappa shape index (κ2) is 7.14. The Kier molecular flexibility index (Phi) is 5.50. The molecule has 1 saturated carbocycles. The first-order valence-corrected chi connectivity index (χ1v) is 8.83. The van der Waals surface area contributed by atoms with Gasteiger partial charge in [-0.1, -0.05) is 0 Å². The maximum Gasteiger partial charge on any atom is 0.212 e. The first kappa shape index (κ1) is 15.4. The normalized spacial score (nSPS) is 15.7. The highest BCUT2D eigenvalue weighted by Crippen LogP contribution is 2.18. The molecule has 1 aromatic rings. The van der Waals surface area contributed by atoms with Crippen molar-refractivity contribution in [1.82, 2.24) is 24.8 Å². The predicted octanol–water partition coefficient (Wildman–Crippen LogP) is 0.250. The van der Waals surface area contributed by atoms with Crippen LogP contribution in [0.2, 0.25) is 0 Å². The molecule has 2 rings (SSSR count). The number of nitrogens with one attached hydrogen (secondary N) is 2. The lowest BCUT2D eigenvalue weighted by Crippen LogP contribution is -2.28. The van der Waals surface area contributed by atoms with Gasteiger partial charge >= 0.3 is 0 Å². The van der Waals surface area contributed by atoms with Crippen LogP contribution in [0.3, 0.4) is 0 Å². The van der Waals surface area contributed by atoms with E-state index in [4.69, 9.17) is 0 Å². The minimum Gasteiger partial charge on any atom is -0.317 e. The second-order valence-corrected chi connectivity index (χ2v) is 7.04.